The van der Waals surface area contributed by atoms with Crippen molar-refractivity contribution in [2.75, 3.05) is 5.32 Å². The van der Waals surface area contributed by atoms with Gasteiger partial charge in [0, 0.05) is 25.4 Å². The van der Waals surface area contributed by atoms with Crippen molar-refractivity contribution in [3.8, 4) is 6.07 Å². The first-order valence-electron chi connectivity index (χ1n) is 7.46. The lowest BCUT2D eigenvalue weighted by molar-refractivity contribution is 0.930. The molecule has 1 aromatic carbocycles. The summed E-state index contributed by atoms with van der Waals surface area (Å²) >= 11 is 0. The first kappa shape index (κ1) is 15.4. The summed E-state index contributed by atoms with van der Waals surface area (Å²) in [6, 6.07) is 15.3. The highest BCUT2D eigenvalue weighted by Crippen LogP contribution is 2.11. The molecule has 0 aliphatic rings. The molecule has 0 aliphatic carbocycles. The molecule has 0 saturated carbocycles. The number of rotatable bonds is 5. The van der Waals surface area contributed by atoms with Gasteiger partial charge >= 0.3 is 0 Å². The molecular weight excluding hydrogens is 302 g/mol. The van der Waals surface area contributed by atoms with Gasteiger partial charge in [0.1, 0.15) is 11.9 Å². The van der Waals surface area contributed by atoms with E-state index in [-0.39, 0.29) is 11.4 Å². The zero-order chi connectivity index (χ0) is 16.8. The number of pyridine rings is 1. The van der Waals surface area contributed by atoms with Gasteiger partial charge in [-0.2, -0.15) is 5.26 Å². The Morgan fingerprint density at radius 1 is 1.12 bits per heavy atom. The maximum absolute atomic E-state index is 12.1. The van der Waals surface area contributed by atoms with E-state index in [9.17, 15) is 10.1 Å². The summed E-state index contributed by atoms with van der Waals surface area (Å²) in [7, 11) is 0. The molecule has 2 heterocycles. The van der Waals surface area contributed by atoms with Crippen LogP contribution in [0.4, 0.5) is 5.82 Å². The first-order valence-corrected chi connectivity index (χ1v) is 7.46. The predicted octanol–water partition coefficient (Wildman–Crippen LogP) is 2.24. The van der Waals surface area contributed by atoms with Crippen molar-refractivity contribution in [3.63, 3.8) is 0 Å². The monoisotopic (exact) mass is 317 g/mol. The number of hydrogen-bond acceptors (Lipinski definition) is 5. The number of benzene rings is 1. The molecule has 24 heavy (non-hydrogen) atoms. The molecule has 0 radical (unpaired) electrons. The van der Waals surface area contributed by atoms with Crippen molar-refractivity contribution in [2.24, 2.45) is 0 Å². The minimum Gasteiger partial charge on any atom is -0.365 e. The molecule has 2 aromatic heterocycles. The third-order valence-electron chi connectivity index (χ3n) is 3.48. The number of H-pyrrole nitrogens is 1. The van der Waals surface area contributed by atoms with Crippen molar-refractivity contribution in [1.29, 1.82) is 5.26 Å². The van der Waals surface area contributed by atoms with E-state index in [1.807, 2.05) is 48.5 Å². The van der Waals surface area contributed by atoms with E-state index in [0.29, 0.717) is 18.8 Å². The lowest BCUT2D eigenvalue weighted by atomic mass is 10.1. The number of nitrogens with one attached hydrogen (secondary N) is 2. The molecule has 0 bridgehead atoms. The Balaban J connectivity index is 1.86. The van der Waals surface area contributed by atoms with E-state index < -0.39 is 5.56 Å². The minimum absolute atomic E-state index is 0.0179. The van der Waals surface area contributed by atoms with Gasteiger partial charge in [-0.1, -0.05) is 36.4 Å². The van der Waals surface area contributed by atoms with E-state index in [4.69, 9.17) is 0 Å². The summed E-state index contributed by atoms with van der Waals surface area (Å²) in [5.74, 6) is 0.801. The number of hydrogen-bond donors (Lipinski definition) is 2. The molecule has 0 unspecified atom stereocenters. The van der Waals surface area contributed by atoms with Gasteiger partial charge in [-0.15, -0.1) is 0 Å². The van der Waals surface area contributed by atoms with E-state index in [0.717, 1.165) is 11.1 Å². The number of anilines is 1. The second-order valence-corrected chi connectivity index (χ2v) is 5.23. The Labute approximate surface area is 138 Å². The van der Waals surface area contributed by atoms with Crippen LogP contribution in [-0.2, 0) is 13.0 Å². The van der Waals surface area contributed by atoms with E-state index in [1.54, 1.807) is 12.4 Å². The highest BCUT2D eigenvalue weighted by Gasteiger charge is 2.11. The topological polar surface area (TPSA) is 94.5 Å². The summed E-state index contributed by atoms with van der Waals surface area (Å²) in [6.07, 6.45) is 3.90. The normalized spacial score (nSPS) is 10.1. The van der Waals surface area contributed by atoms with Crippen molar-refractivity contribution < 1.29 is 0 Å². The van der Waals surface area contributed by atoms with Crippen molar-refractivity contribution in [1.82, 2.24) is 15.0 Å². The van der Waals surface area contributed by atoms with Crippen LogP contribution in [0.5, 0.6) is 0 Å². The fourth-order valence-electron chi connectivity index (χ4n) is 2.31. The van der Waals surface area contributed by atoms with Gasteiger partial charge in [-0.05, 0) is 17.2 Å². The van der Waals surface area contributed by atoms with Crippen LogP contribution in [0.3, 0.4) is 0 Å². The highest BCUT2D eigenvalue weighted by molar-refractivity contribution is 5.51. The van der Waals surface area contributed by atoms with Crippen molar-refractivity contribution in [3.05, 3.63) is 87.7 Å². The molecular formula is C18H15N5O. The number of nitriles is 1. The molecule has 6 nitrogen and oxygen atoms in total. The summed E-state index contributed by atoms with van der Waals surface area (Å²) in [4.78, 5) is 23.2. The largest absolute Gasteiger partial charge is 0.365 e. The van der Waals surface area contributed by atoms with Gasteiger partial charge in [0.15, 0.2) is 11.4 Å². The summed E-state index contributed by atoms with van der Waals surface area (Å²) < 4.78 is 0. The molecule has 6 heteroatoms. The van der Waals surface area contributed by atoms with Gasteiger partial charge in [-0.25, -0.2) is 4.98 Å². The standard InChI is InChI=1S/C18H15N5O/c19-10-15-17(21-12-14-7-4-8-20-11-14)22-16(23-18(15)24)9-13-5-2-1-3-6-13/h1-8,11H,9,12H2,(H2,21,22,23,24). The van der Waals surface area contributed by atoms with Crippen LogP contribution in [0.1, 0.15) is 22.5 Å². The van der Waals surface area contributed by atoms with Crippen LogP contribution in [0.15, 0.2) is 59.7 Å². The van der Waals surface area contributed by atoms with Crippen LogP contribution >= 0.6 is 0 Å². The van der Waals surface area contributed by atoms with E-state index in [1.165, 1.54) is 0 Å². The van der Waals surface area contributed by atoms with Crippen LogP contribution in [0, 0.1) is 11.3 Å². The molecule has 2 N–H and O–H groups in total. The molecule has 3 aromatic rings. The quantitative estimate of drug-likeness (QED) is 0.752. The molecule has 0 aliphatic heterocycles. The third kappa shape index (κ3) is 3.65. The van der Waals surface area contributed by atoms with Gasteiger partial charge in [0.25, 0.3) is 5.56 Å². The number of aromatic amines is 1. The zero-order valence-electron chi connectivity index (χ0n) is 12.9. The van der Waals surface area contributed by atoms with Gasteiger partial charge in [0.05, 0.1) is 0 Å². The molecule has 0 atom stereocenters. The smallest absolute Gasteiger partial charge is 0.271 e. The lowest BCUT2D eigenvalue weighted by Crippen LogP contribution is -2.19. The Hall–Kier alpha value is -3.46. The summed E-state index contributed by atoms with van der Waals surface area (Å²) in [6.45, 7) is 0.434. The Morgan fingerprint density at radius 3 is 2.62 bits per heavy atom. The molecule has 118 valence electrons. The van der Waals surface area contributed by atoms with Gasteiger partial charge < -0.3 is 10.3 Å². The SMILES string of the molecule is N#Cc1c(NCc2cccnc2)nc(Cc2ccccc2)[nH]c1=O. The van der Waals surface area contributed by atoms with Gasteiger partial charge in [0.2, 0.25) is 0 Å². The second-order valence-electron chi connectivity index (χ2n) is 5.23. The molecule has 0 fully saturated rings. The maximum Gasteiger partial charge on any atom is 0.271 e. The van der Waals surface area contributed by atoms with E-state index in [2.05, 4.69) is 20.3 Å². The van der Waals surface area contributed by atoms with Gasteiger partial charge in [-0.3, -0.25) is 9.78 Å². The highest BCUT2D eigenvalue weighted by atomic mass is 16.1. The van der Waals surface area contributed by atoms with Crippen molar-refractivity contribution in [2.45, 2.75) is 13.0 Å². The minimum atomic E-state index is -0.438. The zero-order valence-corrected chi connectivity index (χ0v) is 12.9. The van der Waals surface area contributed by atoms with Crippen molar-refractivity contribution >= 4 is 5.82 Å². The van der Waals surface area contributed by atoms with Crippen LogP contribution in [-0.4, -0.2) is 15.0 Å². The average molecular weight is 317 g/mol. The summed E-state index contributed by atoms with van der Waals surface area (Å²) in [5.41, 5.74) is 1.51. The van der Waals surface area contributed by atoms with E-state index >= 15 is 0 Å². The molecule has 3 rings (SSSR count). The summed E-state index contributed by atoms with van der Waals surface area (Å²) in [5, 5.41) is 12.3. The first-order chi connectivity index (χ1) is 11.8. The van der Waals surface area contributed by atoms with Crippen LogP contribution in [0.2, 0.25) is 0 Å². The van der Waals surface area contributed by atoms with Crippen LogP contribution in [0.25, 0.3) is 0 Å². The third-order valence-corrected chi connectivity index (χ3v) is 3.48. The molecule has 0 amide bonds. The maximum atomic E-state index is 12.1. The fraction of sp³-hybridized carbons (Fsp3) is 0.111. The Kier molecular flexibility index (Phi) is 4.63. The Morgan fingerprint density at radius 2 is 1.92 bits per heavy atom. The molecule has 0 spiro atoms. The Bertz CT molecular complexity index is 914. The second kappa shape index (κ2) is 7.20. The number of nitrogens with zero attached hydrogens (tertiary/aromatic N) is 3. The lowest BCUT2D eigenvalue weighted by Gasteiger charge is -2.09. The molecule has 0 saturated heterocycles. The van der Waals surface area contributed by atoms with Crippen LogP contribution < -0.4 is 10.9 Å². The number of aromatic nitrogens is 3. The fourth-order valence-corrected chi connectivity index (χ4v) is 2.31. The average Bonchev–Trinajstić information content (AvgIpc) is 2.61. The predicted molar refractivity (Wildman–Crippen MR) is 90.4 cm³/mol.